The number of hydrogen-bond acceptors (Lipinski definition) is 5. The highest BCUT2D eigenvalue weighted by Gasteiger charge is 2.13. The van der Waals surface area contributed by atoms with E-state index in [9.17, 15) is 19.2 Å². The summed E-state index contributed by atoms with van der Waals surface area (Å²) in [6.07, 6.45) is 0. The van der Waals surface area contributed by atoms with Crippen molar-refractivity contribution in [3.05, 3.63) is 35.4 Å². The quantitative estimate of drug-likeness (QED) is 0.532. The Balaban J connectivity index is 2.42. The molecule has 1 aromatic carbocycles. The van der Waals surface area contributed by atoms with Gasteiger partial charge in [0.05, 0.1) is 5.56 Å². The maximum Gasteiger partial charge on any atom is 0.338 e. The number of ether oxygens (including phenoxy) is 1. The number of urea groups is 2. The lowest BCUT2D eigenvalue weighted by atomic mass is 10.1. The Morgan fingerprint density at radius 3 is 2.00 bits per heavy atom. The van der Waals surface area contributed by atoms with Crippen LogP contribution >= 0.6 is 0 Å². The minimum atomic E-state index is -0.724. The van der Waals surface area contributed by atoms with Crippen molar-refractivity contribution in [2.24, 2.45) is 0 Å². The van der Waals surface area contributed by atoms with E-state index in [1.54, 1.807) is 26.0 Å². The van der Waals surface area contributed by atoms with Crippen molar-refractivity contribution in [2.45, 2.75) is 46.3 Å². The first kappa shape index (κ1) is 21.9. The van der Waals surface area contributed by atoms with E-state index >= 15 is 0 Å². The number of rotatable bonds is 7. The number of benzene rings is 1. The third kappa shape index (κ3) is 9.24. The van der Waals surface area contributed by atoms with Crippen LogP contribution in [0.4, 0.5) is 9.59 Å². The van der Waals surface area contributed by atoms with Crippen LogP contribution < -0.4 is 21.3 Å². The summed E-state index contributed by atoms with van der Waals surface area (Å²) in [5.41, 5.74) is 1.05. The summed E-state index contributed by atoms with van der Waals surface area (Å²) in [5.74, 6) is -1.41. The van der Waals surface area contributed by atoms with Crippen LogP contribution in [0.25, 0.3) is 0 Å². The Hall–Kier alpha value is -3.10. The predicted molar refractivity (Wildman–Crippen MR) is 99.0 cm³/mol. The van der Waals surface area contributed by atoms with E-state index in [-0.39, 0.29) is 23.7 Å². The zero-order valence-electron chi connectivity index (χ0n) is 15.9. The normalized spacial score (nSPS) is 10.3. The molecule has 0 unspecified atom stereocenters. The van der Waals surface area contributed by atoms with E-state index in [2.05, 4.69) is 21.3 Å². The summed E-state index contributed by atoms with van der Waals surface area (Å²) in [4.78, 5) is 46.4. The molecule has 27 heavy (non-hydrogen) atoms. The molecule has 1 aromatic rings. The largest absolute Gasteiger partial charge is 0.452 e. The van der Waals surface area contributed by atoms with Gasteiger partial charge in [0.15, 0.2) is 6.61 Å². The van der Waals surface area contributed by atoms with Crippen LogP contribution in [0.15, 0.2) is 24.3 Å². The molecule has 9 nitrogen and oxygen atoms in total. The smallest absolute Gasteiger partial charge is 0.338 e. The molecule has 9 heteroatoms. The zero-order chi connectivity index (χ0) is 20.4. The molecule has 0 atom stereocenters. The fourth-order valence-electron chi connectivity index (χ4n) is 1.93. The lowest BCUT2D eigenvalue weighted by Crippen LogP contribution is -2.44. The fourth-order valence-corrected chi connectivity index (χ4v) is 1.93. The van der Waals surface area contributed by atoms with E-state index in [4.69, 9.17) is 4.74 Å². The lowest BCUT2D eigenvalue weighted by molar-refractivity contribution is -0.123. The molecule has 0 fully saturated rings. The van der Waals surface area contributed by atoms with Gasteiger partial charge in [-0.3, -0.25) is 10.1 Å². The van der Waals surface area contributed by atoms with E-state index in [0.29, 0.717) is 6.54 Å². The van der Waals surface area contributed by atoms with Crippen molar-refractivity contribution in [3.63, 3.8) is 0 Å². The average Bonchev–Trinajstić information content (AvgIpc) is 2.57. The van der Waals surface area contributed by atoms with Crippen LogP contribution in [0.5, 0.6) is 0 Å². The van der Waals surface area contributed by atoms with E-state index in [1.165, 1.54) is 12.1 Å². The third-order valence-corrected chi connectivity index (χ3v) is 3.07. The number of hydrogen-bond donors (Lipinski definition) is 4. The number of imide groups is 1. The summed E-state index contributed by atoms with van der Waals surface area (Å²) in [6, 6.07) is 5.39. The molecule has 0 radical (unpaired) electrons. The maximum atomic E-state index is 11.9. The third-order valence-electron chi connectivity index (χ3n) is 3.07. The molecule has 0 aliphatic carbocycles. The Morgan fingerprint density at radius 1 is 0.889 bits per heavy atom. The molecule has 0 saturated carbocycles. The van der Waals surface area contributed by atoms with Gasteiger partial charge in [-0.25, -0.2) is 14.4 Å². The van der Waals surface area contributed by atoms with Crippen molar-refractivity contribution in [2.75, 3.05) is 6.61 Å². The van der Waals surface area contributed by atoms with Gasteiger partial charge < -0.3 is 20.7 Å². The molecule has 0 spiro atoms. The minimum absolute atomic E-state index is 0.0378. The van der Waals surface area contributed by atoms with Gasteiger partial charge in [0.25, 0.3) is 5.91 Å². The second-order valence-corrected chi connectivity index (χ2v) is 6.43. The zero-order valence-corrected chi connectivity index (χ0v) is 15.9. The monoisotopic (exact) mass is 378 g/mol. The van der Waals surface area contributed by atoms with Crippen molar-refractivity contribution < 1.29 is 23.9 Å². The second-order valence-electron chi connectivity index (χ2n) is 6.43. The fraction of sp³-hybridized carbons (Fsp3) is 0.444. The molecule has 0 bridgehead atoms. The van der Waals surface area contributed by atoms with Crippen LogP contribution in [0, 0.1) is 0 Å². The van der Waals surface area contributed by atoms with Crippen LogP contribution in [0.1, 0.15) is 43.6 Å². The van der Waals surface area contributed by atoms with Crippen LogP contribution in [0.2, 0.25) is 0 Å². The van der Waals surface area contributed by atoms with E-state index in [0.717, 1.165) is 5.56 Å². The van der Waals surface area contributed by atoms with Crippen molar-refractivity contribution in [3.8, 4) is 0 Å². The summed E-state index contributed by atoms with van der Waals surface area (Å²) < 4.78 is 4.87. The lowest BCUT2D eigenvalue weighted by Gasteiger charge is -2.10. The van der Waals surface area contributed by atoms with Crippen molar-refractivity contribution >= 4 is 23.9 Å². The summed E-state index contributed by atoms with van der Waals surface area (Å²) >= 11 is 0. The van der Waals surface area contributed by atoms with Gasteiger partial charge in [-0.15, -0.1) is 0 Å². The first-order valence-corrected chi connectivity index (χ1v) is 8.58. The van der Waals surface area contributed by atoms with Gasteiger partial charge in [0.1, 0.15) is 0 Å². The van der Waals surface area contributed by atoms with Gasteiger partial charge in [-0.1, -0.05) is 12.1 Å². The summed E-state index contributed by atoms with van der Waals surface area (Å²) in [6.45, 7) is 6.96. The Morgan fingerprint density at radius 2 is 1.44 bits per heavy atom. The highest BCUT2D eigenvalue weighted by atomic mass is 16.5. The van der Waals surface area contributed by atoms with Crippen LogP contribution in [-0.2, 0) is 16.1 Å². The SMILES string of the molecule is CC(C)NC(=O)NCc1ccc(C(=O)OCC(=O)NC(=O)NC(C)C)cc1. The second kappa shape index (κ2) is 10.8. The molecule has 4 N–H and O–H groups in total. The number of nitrogens with one attached hydrogen (secondary N) is 4. The number of carbonyl (C=O) groups excluding carboxylic acids is 4. The molecule has 0 aromatic heterocycles. The number of amides is 5. The van der Waals surface area contributed by atoms with Gasteiger partial charge in [0.2, 0.25) is 0 Å². The summed E-state index contributed by atoms with van der Waals surface area (Å²) in [5, 5.41) is 9.94. The predicted octanol–water partition coefficient (Wildman–Crippen LogP) is 1.29. The standard InChI is InChI=1S/C18H26N4O5/c1-11(2)20-17(25)19-9-13-5-7-14(8-6-13)16(24)27-10-15(23)22-18(26)21-12(3)4/h5-8,11-12H,9-10H2,1-4H3,(H2,19,20,25)(H2,21,22,23,26). The molecule has 1 rings (SSSR count). The first-order chi connectivity index (χ1) is 12.7. The average molecular weight is 378 g/mol. The molecule has 0 aliphatic heterocycles. The highest BCUT2D eigenvalue weighted by molar-refractivity contribution is 5.97. The molecular weight excluding hydrogens is 352 g/mol. The Bertz CT molecular complexity index is 671. The summed E-state index contributed by atoms with van der Waals surface area (Å²) in [7, 11) is 0. The van der Waals surface area contributed by atoms with Crippen LogP contribution in [-0.4, -0.2) is 42.6 Å². The topological polar surface area (TPSA) is 126 Å². The Labute approximate surface area is 158 Å². The molecular formula is C18H26N4O5. The first-order valence-electron chi connectivity index (χ1n) is 8.58. The number of esters is 1. The van der Waals surface area contributed by atoms with Crippen molar-refractivity contribution in [1.82, 2.24) is 21.3 Å². The van der Waals surface area contributed by atoms with E-state index < -0.39 is 24.5 Å². The van der Waals surface area contributed by atoms with E-state index in [1.807, 2.05) is 13.8 Å². The van der Waals surface area contributed by atoms with Crippen molar-refractivity contribution in [1.29, 1.82) is 0 Å². The highest BCUT2D eigenvalue weighted by Crippen LogP contribution is 2.06. The van der Waals surface area contributed by atoms with Gasteiger partial charge in [0, 0.05) is 18.6 Å². The number of carbonyl (C=O) groups is 4. The molecule has 148 valence electrons. The minimum Gasteiger partial charge on any atom is -0.452 e. The molecule has 0 heterocycles. The van der Waals surface area contributed by atoms with Gasteiger partial charge in [-0.05, 0) is 45.4 Å². The van der Waals surface area contributed by atoms with Gasteiger partial charge in [-0.2, -0.15) is 0 Å². The molecule has 5 amide bonds. The maximum absolute atomic E-state index is 11.9. The van der Waals surface area contributed by atoms with Crippen LogP contribution in [0.3, 0.4) is 0 Å². The van der Waals surface area contributed by atoms with Gasteiger partial charge >= 0.3 is 18.0 Å². The molecule has 0 saturated heterocycles. The molecule has 0 aliphatic rings. The Kier molecular flexibility index (Phi) is 8.77.